The van der Waals surface area contributed by atoms with E-state index in [4.69, 9.17) is 4.74 Å². The Morgan fingerprint density at radius 3 is 2.42 bits per heavy atom. The number of amides is 1. The molecule has 33 heavy (non-hydrogen) atoms. The molecule has 0 unspecified atom stereocenters. The molecular formula is C27H30BrN2O2S+. The third-order valence-corrected chi connectivity index (χ3v) is 8.92. The maximum Gasteiger partial charge on any atom is 0.415 e. The van der Waals surface area contributed by atoms with Gasteiger partial charge >= 0.3 is 6.09 Å². The molecule has 3 aliphatic heterocycles. The summed E-state index contributed by atoms with van der Waals surface area (Å²) in [6, 6.07) is 22.7. The number of nitrogens with zero attached hydrogens (tertiary/aromatic N) is 2. The molecule has 0 N–H and O–H groups in total. The van der Waals surface area contributed by atoms with E-state index in [0.29, 0.717) is 12.5 Å². The molecule has 0 aliphatic carbocycles. The number of fused-ring (bicyclic) bond motifs is 3. The minimum atomic E-state index is -0.231. The number of benzene rings is 2. The highest BCUT2D eigenvalue weighted by Gasteiger charge is 2.47. The predicted molar refractivity (Wildman–Crippen MR) is 138 cm³/mol. The van der Waals surface area contributed by atoms with Gasteiger partial charge in [-0.15, -0.1) is 11.3 Å². The fraction of sp³-hybridized carbons (Fsp3) is 0.370. The number of carbonyl (C=O) groups is 1. The minimum absolute atomic E-state index is 0.00272. The lowest BCUT2D eigenvalue weighted by atomic mass is 9.83. The van der Waals surface area contributed by atoms with Crippen LogP contribution in [0.5, 0.6) is 0 Å². The first-order chi connectivity index (χ1) is 16.1. The molecule has 0 radical (unpaired) electrons. The van der Waals surface area contributed by atoms with E-state index in [1.807, 2.05) is 30.3 Å². The Morgan fingerprint density at radius 1 is 1.06 bits per heavy atom. The Hall–Kier alpha value is -2.15. The summed E-state index contributed by atoms with van der Waals surface area (Å²) in [5.74, 6) is 0.485. The van der Waals surface area contributed by atoms with Crippen molar-refractivity contribution in [2.24, 2.45) is 5.92 Å². The van der Waals surface area contributed by atoms with Crippen molar-refractivity contribution in [1.82, 2.24) is 0 Å². The summed E-state index contributed by atoms with van der Waals surface area (Å²) >= 11 is 5.18. The van der Waals surface area contributed by atoms with E-state index in [2.05, 4.69) is 57.7 Å². The van der Waals surface area contributed by atoms with Crippen LogP contribution in [0.25, 0.3) is 0 Å². The number of ether oxygens (including phenoxy) is 1. The number of piperidine rings is 3. The second-order valence-corrected chi connectivity index (χ2v) is 11.3. The Kier molecular flexibility index (Phi) is 6.86. The molecule has 0 saturated carbocycles. The van der Waals surface area contributed by atoms with Crippen molar-refractivity contribution < 1.29 is 14.0 Å². The molecule has 4 heterocycles. The van der Waals surface area contributed by atoms with Crippen molar-refractivity contribution in [1.29, 1.82) is 0 Å². The quantitative estimate of drug-likeness (QED) is 0.329. The zero-order valence-electron chi connectivity index (χ0n) is 18.7. The fourth-order valence-electron chi connectivity index (χ4n) is 5.33. The van der Waals surface area contributed by atoms with E-state index >= 15 is 0 Å². The summed E-state index contributed by atoms with van der Waals surface area (Å²) in [5, 5.41) is 2.05. The molecular weight excluding hydrogens is 496 g/mol. The Bertz CT molecular complexity index is 1060. The summed E-state index contributed by atoms with van der Waals surface area (Å²) in [6.07, 6.45) is 3.14. The Labute approximate surface area is 208 Å². The standard InChI is InChI=1S/C27H30BrN2O2S/c28-23-17-25(33-20-23)18-29(24-9-5-2-6-10-24)27(31)32-26-19-30(15-12-22(26)13-16-30)14-11-21-7-3-1-4-8-21/h1-10,17,20,22,26H,11-16,18-19H2/q+1/t22?,26-,30?/m0/s1. The zero-order chi connectivity index (χ0) is 22.7. The summed E-state index contributed by atoms with van der Waals surface area (Å²) in [4.78, 5) is 16.4. The first-order valence-electron chi connectivity index (χ1n) is 11.8. The van der Waals surface area contributed by atoms with Gasteiger partial charge in [-0.25, -0.2) is 4.79 Å². The second-order valence-electron chi connectivity index (χ2n) is 9.34. The van der Waals surface area contributed by atoms with Gasteiger partial charge in [0.2, 0.25) is 0 Å². The summed E-state index contributed by atoms with van der Waals surface area (Å²) in [5.41, 5.74) is 2.27. The Morgan fingerprint density at radius 2 is 1.76 bits per heavy atom. The van der Waals surface area contributed by atoms with E-state index in [1.54, 1.807) is 16.2 Å². The van der Waals surface area contributed by atoms with Crippen LogP contribution in [-0.4, -0.2) is 42.9 Å². The van der Waals surface area contributed by atoms with Gasteiger partial charge in [-0.3, -0.25) is 4.90 Å². The third kappa shape index (κ3) is 5.34. The number of rotatable bonds is 7. The average Bonchev–Trinajstić information content (AvgIpc) is 3.28. The molecule has 3 saturated heterocycles. The highest BCUT2D eigenvalue weighted by atomic mass is 79.9. The predicted octanol–water partition coefficient (Wildman–Crippen LogP) is 6.51. The number of thiophene rings is 1. The van der Waals surface area contributed by atoms with Gasteiger partial charge < -0.3 is 9.22 Å². The van der Waals surface area contributed by atoms with Gasteiger partial charge in [0.05, 0.1) is 26.2 Å². The van der Waals surface area contributed by atoms with E-state index < -0.39 is 0 Å². The van der Waals surface area contributed by atoms with Gasteiger partial charge in [-0.2, -0.15) is 0 Å². The van der Waals surface area contributed by atoms with Crippen LogP contribution in [0.4, 0.5) is 10.5 Å². The highest BCUT2D eigenvalue weighted by molar-refractivity contribution is 9.10. The first kappa shape index (κ1) is 22.6. The van der Waals surface area contributed by atoms with E-state index in [1.165, 1.54) is 18.7 Å². The van der Waals surface area contributed by atoms with Crippen molar-refractivity contribution in [2.75, 3.05) is 31.1 Å². The molecule has 3 aromatic rings. The van der Waals surface area contributed by atoms with Crippen LogP contribution < -0.4 is 4.90 Å². The second kappa shape index (κ2) is 10.00. The van der Waals surface area contributed by atoms with E-state index in [-0.39, 0.29) is 12.2 Å². The topological polar surface area (TPSA) is 29.5 Å². The van der Waals surface area contributed by atoms with Crippen LogP contribution in [0.3, 0.4) is 0 Å². The van der Waals surface area contributed by atoms with Crippen molar-refractivity contribution in [3.63, 3.8) is 0 Å². The monoisotopic (exact) mass is 525 g/mol. The average molecular weight is 527 g/mol. The smallest absolute Gasteiger partial charge is 0.415 e. The van der Waals surface area contributed by atoms with Crippen LogP contribution in [0.2, 0.25) is 0 Å². The van der Waals surface area contributed by atoms with Crippen LogP contribution in [0.15, 0.2) is 76.6 Å². The maximum absolute atomic E-state index is 13.5. The summed E-state index contributed by atoms with van der Waals surface area (Å²) < 4.78 is 8.39. The van der Waals surface area contributed by atoms with E-state index in [9.17, 15) is 4.79 Å². The molecule has 4 nitrogen and oxygen atoms in total. The first-order valence-corrected chi connectivity index (χ1v) is 13.4. The van der Waals surface area contributed by atoms with Crippen LogP contribution >= 0.6 is 27.3 Å². The number of para-hydroxylation sites is 1. The van der Waals surface area contributed by atoms with Gasteiger partial charge in [-0.05, 0) is 39.7 Å². The lowest BCUT2D eigenvalue weighted by Gasteiger charge is -2.52. The van der Waals surface area contributed by atoms with Crippen molar-refractivity contribution in [3.05, 3.63) is 87.0 Å². The van der Waals surface area contributed by atoms with Crippen molar-refractivity contribution >= 4 is 39.0 Å². The normalized spacial score (nSPS) is 23.9. The number of quaternary nitrogens is 1. The van der Waals surface area contributed by atoms with Crippen molar-refractivity contribution in [3.8, 4) is 0 Å². The molecule has 2 aromatic carbocycles. The zero-order valence-corrected chi connectivity index (χ0v) is 21.1. The van der Waals surface area contributed by atoms with Crippen LogP contribution in [0, 0.1) is 5.92 Å². The molecule has 3 fully saturated rings. The lowest BCUT2D eigenvalue weighted by Crippen LogP contribution is -2.65. The molecule has 6 heteroatoms. The van der Waals surface area contributed by atoms with Gasteiger partial charge in [-0.1, -0.05) is 48.5 Å². The number of hydrogen-bond donors (Lipinski definition) is 0. The number of hydrogen-bond acceptors (Lipinski definition) is 3. The summed E-state index contributed by atoms with van der Waals surface area (Å²) in [6.45, 7) is 4.99. The summed E-state index contributed by atoms with van der Waals surface area (Å²) in [7, 11) is 0. The molecule has 172 valence electrons. The molecule has 1 aromatic heterocycles. The highest BCUT2D eigenvalue weighted by Crippen LogP contribution is 2.36. The van der Waals surface area contributed by atoms with Gasteiger partial charge in [0.1, 0.15) is 6.54 Å². The number of anilines is 1. The molecule has 2 bridgehead atoms. The SMILES string of the molecule is O=C(O[C@H]1C[N+]2(CCc3ccccc3)CCC1CC2)N(Cc1cc(Br)cs1)c1ccccc1. The number of carbonyl (C=O) groups excluding carboxylic acids is 1. The molecule has 3 aliphatic rings. The maximum atomic E-state index is 13.5. The third-order valence-electron chi connectivity index (χ3n) is 7.24. The lowest BCUT2D eigenvalue weighted by molar-refractivity contribution is -0.945. The molecule has 1 amide bonds. The molecule has 0 spiro atoms. The molecule has 1 atom stereocenters. The van der Waals surface area contributed by atoms with Gasteiger partial charge in [0.15, 0.2) is 6.10 Å². The van der Waals surface area contributed by atoms with Crippen LogP contribution in [-0.2, 0) is 17.7 Å². The van der Waals surface area contributed by atoms with Crippen molar-refractivity contribution in [2.45, 2.75) is 31.9 Å². The number of halogens is 1. The molecule has 6 rings (SSSR count). The minimum Gasteiger partial charge on any atom is -0.440 e. The Balaban J connectivity index is 1.28. The fourth-order valence-corrected chi connectivity index (χ4v) is 6.77. The largest absolute Gasteiger partial charge is 0.440 e. The van der Waals surface area contributed by atoms with Gasteiger partial charge in [0, 0.05) is 45.6 Å². The van der Waals surface area contributed by atoms with Crippen LogP contribution in [0.1, 0.15) is 23.3 Å². The van der Waals surface area contributed by atoms with Gasteiger partial charge in [0.25, 0.3) is 0 Å². The van der Waals surface area contributed by atoms with E-state index in [0.717, 1.165) is 51.9 Å².